The smallest absolute Gasteiger partial charge is 0.251 e. The summed E-state index contributed by atoms with van der Waals surface area (Å²) in [7, 11) is 3.13. The Kier molecular flexibility index (Phi) is 4.27. The molecule has 5 heteroatoms. The van der Waals surface area contributed by atoms with Crippen LogP contribution in [0.3, 0.4) is 0 Å². The van der Waals surface area contributed by atoms with Gasteiger partial charge in [0.1, 0.15) is 0 Å². The number of aromatic hydroxyl groups is 1. The molecular formula is C14H19NO4. The molecule has 0 spiro atoms. The quantitative estimate of drug-likeness (QED) is 0.869. The largest absolute Gasteiger partial charge is 0.504 e. The van der Waals surface area contributed by atoms with E-state index in [-0.39, 0.29) is 23.8 Å². The Labute approximate surface area is 112 Å². The van der Waals surface area contributed by atoms with Gasteiger partial charge in [0, 0.05) is 12.7 Å². The van der Waals surface area contributed by atoms with Crippen molar-refractivity contribution in [3.63, 3.8) is 0 Å². The minimum atomic E-state index is -0.202. The molecule has 1 amide bonds. The van der Waals surface area contributed by atoms with Crippen LogP contribution in [0.1, 0.15) is 29.6 Å². The third kappa shape index (κ3) is 2.98. The van der Waals surface area contributed by atoms with Crippen LogP contribution in [-0.4, -0.2) is 37.4 Å². The zero-order valence-corrected chi connectivity index (χ0v) is 11.2. The lowest BCUT2D eigenvalue weighted by molar-refractivity contribution is 0.0722. The van der Waals surface area contributed by atoms with Crippen molar-refractivity contribution >= 4 is 5.91 Å². The van der Waals surface area contributed by atoms with Crippen molar-refractivity contribution in [1.29, 1.82) is 0 Å². The number of phenols is 1. The van der Waals surface area contributed by atoms with E-state index < -0.39 is 0 Å². The van der Waals surface area contributed by atoms with Crippen molar-refractivity contribution in [3.05, 3.63) is 23.8 Å². The first-order chi connectivity index (χ1) is 9.15. The SMILES string of the molecule is COc1ccc(C(=O)NC2CCCC2OC)cc1O. The van der Waals surface area contributed by atoms with E-state index in [9.17, 15) is 9.90 Å². The van der Waals surface area contributed by atoms with Gasteiger partial charge in [0.05, 0.1) is 19.3 Å². The molecule has 0 heterocycles. The molecule has 1 aromatic rings. The van der Waals surface area contributed by atoms with E-state index in [1.807, 2.05) is 0 Å². The number of methoxy groups -OCH3 is 2. The molecule has 1 aliphatic rings. The highest BCUT2D eigenvalue weighted by atomic mass is 16.5. The zero-order valence-electron chi connectivity index (χ0n) is 11.2. The van der Waals surface area contributed by atoms with Gasteiger partial charge >= 0.3 is 0 Å². The van der Waals surface area contributed by atoms with E-state index in [4.69, 9.17) is 9.47 Å². The molecule has 1 aromatic carbocycles. The summed E-state index contributed by atoms with van der Waals surface area (Å²) < 4.78 is 10.3. The molecule has 0 saturated heterocycles. The Morgan fingerprint density at radius 3 is 2.79 bits per heavy atom. The van der Waals surface area contributed by atoms with E-state index in [2.05, 4.69) is 5.32 Å². The van der Waals surface area contributed by atoms with Gasteiger partial charge in [-0.1, -0.05) is 0 Å². The van der Waals surface area contributed by atoms with E-state index in [1.165, 1.54) is 13.2 Å². The number of hydrogen-bond acceptors (Lipinski definition) is 4. The number of nitrogens with one attached hydrogen (secondary N) is 1. The molecule has 2 N–H and O–H groups in total. The Morgan fingerprint density at radius 1 is 1.37 bits per heavy atom. The van der Waals surface area contributed by atoms with Gasteiger partial charge in [0.25, 0.3) is 5.91 Å². The highest BCUT2D eigenvalue weighted by Crippen LogP contribution is 2.27. The molecule has 1 fully saturated rings. The predicted molar refractivity (Wildman–Crippen MR) is 70.6 cm³/mol. The number of carbonyl (C=O) groups excluding carboxylic acids is 1. The van der Waals surface area contributed by atoms with Gasteiger partial charge < -0.3 is 19.9 Å². The topological polar surface area (TPSA) is 67.8 Å². The second-order valence-electron chi connectivity index (χ2n) is 4.67. The summed E-state index contributed by atoms with van der Waals surface area (Å²) in [6.07, 6.45) is 3.02. The number of rotatable bonds is 4. The molecule has 0 radical (unpaired) electrons. The minimum absolute atomic E-state index is 0.0372. The summed E-state index contributed by atoms with van der Waals surface area (Å²) in [5.41, 5.74) is 0.417. The minimum Gasteiger partial charge on any atom is -0.504 e. The van der Waals surface area contributed by atoms with Gasteiger partial charge in [-0.15, -0.1) is 0 Å². The maximum atomic E-state index is 12.1. The molecule has 19 heavy (non-hydrogen) atoms. The van der Waals surface area contributed by atoms with Crippen molar-refractivity contribution < 1.29 is 19.4 Å². The van der Waals surface area contributed by atoms with Crippen molar-refractivity contribution in [3.8, 4) is 11.5 Å². The Morgan fingerprint density at radius 2 is 2.16 bits per heavy atom. The molecule has 1 aliphatic carbocycles. The van der Waals surface area contributed by atoms with Crippen LogP contribution in [-0.2, 0) is 4.74 Å². The summed E-state index contributed by atoms with van der Waals surface area (Å²) >= 11 is 0. The molecule has 1 saturated carbocycles. The summed E-state index contributed by atoms with van der Waals surface area (Å²) in [5, 5.41) is 12.6. The fourth-order valence-corrected chi connectivity index (χ4v) is 2.46. The summed E-state index contributed by atoms with van der Waals surface area (Å²) in [6.45, 7) is 0. The number of hydrogen-bond donors (Lipinski definition) is 2. The van der Waals surface area contributed by atoms with Crippen LogP contribution in [0.2, 0.25) is 0 Å². The molecule has 5 nitrogen and oxygen atoms in total. The Bertz CT molecular complexity index is 461. The standard InChI is InChI=1S/C14H19NO4/c1-18-12-5-3-4-10(12)15-14(17)9-6-7-13(19-2)11(16)8-9/h6-8,10,12,16H,3-5H2,1-2H3,(H,15,17). The molecule has 2 atom stereocenters. The first kappa shape index (κ1) is 13.7. The van der Waals surface area contributed by atoms with Crippen LogP contribution < -0.4 is 10.1 Å². The molecule has 2 rings (SSSR count). The first-order valence-corrected chi connectivity index (χ1v) is 6.36. The lowest BCUT2D eigenvalue weighted by atomic mass is 10.1. The van der Waals surface area contributed by atoms with E-state index >= 15 is 0 Å². The Balaban J connectivity index is 2.05. The van der Waals surface area contributed by atoms with E-state index in [0.29, 0.717) is 11.3 Å². The average Bonchev–Trinajstić information content (AvgIpc) is 2.85. The summed E-state index contributed by atoms with van der Waals surface area (Å²) in [6, 6.07) is 4.66. The lowest BCUT2D eigenvalue weighted by Gasteiger charge is -2.19. The van der Waals surface area contributed by atoms with Gasteiger partial charge in [-0.05, 0) is 37.5 Å². The number of amides is 1. The highest BCUT2D eigenvalue weighted by molar-refractivity contribution is 5.95. The zero-order chi connectivity index (χ0) is 13.8. The normalized spacial score (nSPS) is 22.2. The van der Waals surface area contributed by atoms with Crippen molar-refractivity contribution in [2.45, 2.75) is 31.4 Å². The van der Waals surface area contributed by atoms with E-state index in [1.54, 1.807) is 19.2 Å². The average molecular weight is 265 g/mol. The van der Waals surface area contributed by atoms with Gasteiger partial charge in [-0.3, -0.25) is 4.79 Å². The maximum Gasteiger partial charge on any atom is 0.251 e. The van der Waals surface area contributed by atoms with Gasteiger partial charge in [0.15, 0.2) is 11.5 Å². The fourth-order valence-electron chi connectivity index (χ4n) is 2.46. The van der Waals surface area contributed by atoms with Gasteiger partial charge in [0.2, 0.25) is 0 Å². The molecule has 104 valence electrons. The second-order valence-corrected chi connectivity index (χ2v) is 4.67. The molecular weight excluding hydrogens is 246 g/mol. The van der Waals surface area contributed by atoms with Crippen LogP contribution in [0.5, 0.6) is 11.5 Å². The third-order valence-corrected chi connectivity index (χ3v) is 3.51. The molecule has 0 aliphatic heterocycles. The summed E-state index contributed by atoms with van der Waals surface area (Å²) in [4.78, 5) is 12.1. The predicted octanol–water partition coefficient (Wildman–Crippen LogP) is 1.70. The van der Waals surface area contributed by atoms with Gasteiger partial charge in [-0.25, -0.2) is 0 Å². The monoisotopic (exact) mass is 265 g/mol. The number of phenolic OH excluding ortho intramolecular Hbond substituents is 1. The van der Waals surface area contributed by atoms with Gasteiger partial charge in [-0.2, -0.15) is 0 Å². The van der Waals surface area contributed by atoms with Crippen LogP contribution in [0.25, 0.3) is 0 Å². The number of benzene rings is 1. The van der Waals surface area contributed by atoms with Crippen LogP contribution in [0.4, 0.5) is 0 Å². The van der Waals surface area contributed by atoms with E-state index in [0.717, 1.165) is 19.3 Å². The van der Waals surface area contributed by atoms with Crippen molar-refractivity contribution in [2.24, 2.45) is 0 Å². The summed E-state index contributed by atoms with van der Waals surface area (Å²) in [5.74, 6) is 0.115. The molecule has 2 unspecified atom stereocenters. The molecule has 0 bridgehead atoms. The van der Waals surface area contributed by atoms with Crippen molar-refractivity contribution in [2.75, 3.05) is 14.2 Å². The maximum absolute atomic E-state index is 12.1. The lowest BCUT2D eigenvalue weighted by Crippen LogP contribution is -2.40. The third-order valence-electron chi connectivity index (χ3n) is 3.51. The fraction of sp³-hybridized carbons (Fsp3) is 0.500. The second kappa shape index (κ2) is 5.93. The highest BCUT2D eigenvalue weighted by Gasteiger charge is 2.28. The van der Waals surface area contributed by atoms with Crippen LogP contribution in [0.15, 0.2) is 18.2 Å². The first-order valence-electron chi connectivity index (χ1n) is 6.36. The number of ether oxygens (including phenoxy) is 2. The Hall–Kier alpha value is -1.75. The number of carbonyl (C=O) groups is 1. The van der Waals surface area contributed by atoms with Crippen LogP contribution >= 0.6 is 0 Å². The van der Waals surface area contributed by atoms with Crippen molar-refractivity contribution in [1.82, 2.24) is 5.32 Å². The van der Waals surface area contributed by atoms with Crippen LogP contribution in [0, 0.1) is 0 Å². The molecule has 0 aromatic heterocycles.